The standard InChI is InChI=1S/C19H24N6O5/c1-9(2)7-11(15(20)26)23-19-24-17(14(16(21)27)18(28)25-19)22-10-3-4-12-13(8-10)30-6-5-29-12/h3-4,8-9,11H,5-7H2,1-2H3,(H2,20,26)(H2,21,27)(H3,22,23,24,25,28)/t11-/m1/s1. The number of ether oxygens (including phenoxy) is 2. The molecule has 0 saturated carbocycles. The van der Waals surface area contributed by atoms with Crippen LogP contribution in [0.2, 0.25) is 0 Å². The van der Waals surface area contributed by atoms with Crippen molar-refractivity contribution in [3.8, 4) is 11.5 Å². The Morgan fingerprint density at radius 3 is 2.53 bits per heavy atom. The number of hydrogen-bond donors (Lipinski definition) is 5. The van der Waals surface area contributed by atoms with Gasteiger partial charge in [-0.05, 0) is 24.5 Å². The number of primary amides is 2. The van der Waals surface area contributed by atoms with Gasteiger partial charge in [0.05, 0.1) is 0 Å². The van der Waals surface area contributed by atoms with Crippen LogP contribution in [0.1, 0.15) is 30.6 Å². The molecule has 0 unspecified atom stereocenters. The van der Waals surface area contributed by atoms with Gasteiger partial charge in [0.15, 0.2) is 17.3 Å². The molecule has 0 radical (unpaired) electrons. The first kappa shape index (κ1) is 21.0. The summed E-state index contributed by atoms with van der Waals surface area (Å²) in [5, 5.41) is 5.72. The number of anilines is 3. The number of nitrogens with two attached hydrogens (primary N) is 2. The molecule has 1 atom stereocenters. The third-order valence-corrected chi connectivity index (χ3v) is 4.33. The fraction of sp³-hybridized carbons (Fsp3) is 0.368. The number of aromatic amines is 1. The highest BCUT2D eigenvalue weighted by atomic mass is 16.6. The van der Waals surface area contributed by atoms with Crippen molar-refractivity contribution < 1.29 is 19.1 Å². The van der Waals surface area contributed by atoms with Crippen LogP contribution in [0, 0.1) is 5.92 Å². The lowest BCUT2D eigenvalue weighted by Gasteiger charge is -2.20. The number of aromatic nitrogens is 2. The zero-order valence-corrected chi connectivity index (χ0v) is 16.7. The van der Waals surface area contributed by atoms with Gasteiger partial charge in [-0.1, -0.05) is 13.8 Å². The van der Waals surface area contributed by atoms with Crippen molar-refractivity contribution in [2.24, 2.45) is 17.4 Å². The summed E-state index contributed by atoms with van der Waals surface area (Å²) >= 11 is 0. The number of nitrogens with zero attached hydrogens (tertiary/aromatic N) is 1. The molecular weight excluding hydrogens is 392 g/mol. The first-order chi connectivity index (χ1) is 14.2. The maximum absolute atomic E-state index is 12.5. The average molecular weight is 416 g/mol. The minimum Gasteiger partial charge on any atom is -0.486 e. The SMILES string of the molecule is CC(C)C[C@@H](Nc1nc(Nc2ccc3c(c2)OCCO3)c(C(N)=O)c(=O)[nH]1)C(N)=O. The normalized spacial score (nSPS) is 13.6. The van der Waals surface area contributed by atoms with Gasteiger partial charge in [0, 0.05) is 11.8 Å². The zero-order valence-electron chi connectivity index (χ0n) is 16.7. The molecule has 160 valence electrons. The van der Waals surface area contributed by atoms with Crippen LogP contribution in [0.4, 0.5) is 17.5 Å². The molecule has 11 heteroatoms. The molecule has 0 fully saturated rings. The van der Waals surface area contributed by atoms with Crippen LogP contribution in [-0.4, -0.2) is 41.0 Å². The molecule has 2 aromatic rings. The van der Waals surface area contributed by atoms with Crippen molar-refractivity contribution >= 4 is 29.3 Å². The first-order valence-electron chi connectivity index (χ1n) is 9.41. The van der Waals surface area contributed by atoms with Crippen LogP contribution < -0.4 is 37.1 Å². The van der Waals surface area contributed by atoms with Crippen LogP contribution in [0.25, 0.3) is 0 Å². The quantitative estimate of drug-likeness (QED) is 0.418. The Labute approximate surface area is 172 Å². The summed E-state index contributed by atoms with van der Waals surface area (Å²) in [4.78, 5) is 42.7. The lowest BCUT2D eigenvalue weighted by molar-refractivity contribution is -0.119. The van der Waals surface area contributed by atoms with E-state index in [0.717, 1.165) is 0 Å². The molecule has 1 aliphatic rings. The number of carbonyl (C=O) groups is 2. The summed E-state index contributed by atoms with van der Waals surface area (Å²) in [5.41, 5.74) is 10.2. The zero-order chi connectivity index (χ0) is 21.8. The largest absolute Gasteiger partial charge is 0.486 e. The molecule has 2 heterocycles. The van der Waals surface area contributed by atoms with Gasteiger partial charge in [0.1, 0.15) is 24.8 Å². The van der Waals surface area contributed by atoms with Crippen molar-refractivity contribution in [2.75, 3.05) is 23.8 Å². The fourth-order valence-electron chi connectivity index (χ4n) is 3.00. The molecule has 0 aliphatic carbocycles. The summed E-state index contributed by atoms with van der Waals surface area (Å²) < 4.78 is 11.0. The monoisotopic (exact) mass is 416 g/mol. The second-order valence-electron chi connectivity index (χ2n) is 7.21. The third kappa shape index (κ3) is 4.80. The van der Waals surface area contributed by atoms with Gasteiger partial charge < -0.3 is 31.6 Å². The number of H-pyrrole nitrogens is 1. The van der Waals surface area contributed by atoms with Gasteiger partial charge in [-0.2, -0.15) is 4.98 Å². The van der Waals surface area contributed by atoms with Crippen molar-refractivity contribution in [2.45, 2.75) is 26.3 Å². The van der Waals surface area contributed by atoms with E-state index in [4.69, 9.17) is 20.9 Å². The summed E-state index contributed by atoms with van der Waals surface area (Å²) in [5.74, 6) is -0.368. The van der Waals surface area contributed by atoms with E-state index in [1.807, 2.05) is 13.8 Å². The van der Waals surface area contributed by atoms with Crippen LogP contribution in [0.3, 0.4) is 0 Å². The van der Waals surface area contributed by atoms with Gasteiger partial charge >= 0.3 is 0 Å². The van der Waals surface area contributed by atoms with Crippen LogP contribution in [0.5, 0.6) is 11.5 Å². The molecule has 30 heavy (non-hydrogen) atoms. The van der Waals surface area contributed by atoms with E-state index in [0.29, 0.717) is 36.8 Å². The Morgan fingerprint density at radius 2 is 1.90 bits per heavy atom. The van der Waals surface area contributed by atoms with E-state index >= 15 is 0 Å². The highest BCUT2D eigenvalue weighted by Crippen LogP contribution is 2.33. The van der Waals surface area contributed by atoms with Crippen LogP contribution in [0.15, 0.2) is 23.0 Å². The number of hydrogen-bond acceptors (Lipinski definition) is 8. The summed E-state index contributed by atoms with van der Waals surface area (Å²) in [6.45, 7) is 4.72. The van der Waals surface area contributed by atoms with Crippen molar-refractivity contribution in [1.82, 2.24) is 9.97 Å². The third-order valence-electron chi connectivity index (χ3n) is 4.33. The van der Waals surface area contributed by atoms with Crippen molar-refractivity contribution in [1.29, 1.82) is 0 Å². The maximum atomic E-state index is 12.5. The summed E-state index contributed by atoms with van der Waals surface area (Å²) in [6, 6.07) is 4.27. The number of carbonyl (C=O) groups excluding carboxylic acids is 2. The van der Waals surface area contributed by atoms with Gasteiger partial charge in [-0.3, -0.25) is 19.4 Å². The number of amides is 2. The molecule has 0 bridgehead atoms. The van der Waals surface area contributed by atoms with E-state index in [-0.39, 0.29) is 23.2 Å². The Bertz CT molecular complexity index is 1020. The van der Waals surface area contributed by atoms with Crippen molar-refractivity contribution in [3.63, 3.8) is 0 Å². The lowest BCUT2D eigenvalue weighted by Crippen LogP contribution is -2.38. The second-order valence-corrected chi connectivity index (χ2v) is 7.21. The minimum atomic E-state index is -0.955. The smallest absolute Gasteiger partial charge is 0.267 e. The Kier molecular flexibility index (Phi) is 6.09. The molecule has 1 aromatic heterocycles. The molecule has 3 rings (SSSR count). The second kappa shape index (κ2) is 8.72. The predicted molar refractivity (Wildman–Crippen MR) is 110 cm³/mol. The molecule has 0 spiro atoms. The Morgan fingerprint density at radius 1 is 1.20 bits per heavy atom. The highest BCUT2D eigenvalue weighted by molar-refractivity contribution is 5.98. The van der Waals surface area contributed by atoms with E-state index in [1.165, 1.54) is 0 Å². The molecule has 11 nitrogen and oxygen atoms in total. The fourth-order valence-corrected chi connectivity index (χ4v) is 3.00. The molecule has 1 aliphatic heterocycles. The van der Waals surface area contributed by atoms with Crippen LogP contribution >= 0.6 is 0 Å². The van der Waals surface area contributed by atoms with Crippen molar-refractivity contribution in [3.05, 3.63) is 34.1 Å². The van der Waals surface area contributed by atoms with Gasteiger partial charge in [-0.15, -0.1) is 0 Å². The number of nitrogens with one attached hydrogen (secondary N) is 3. The summed E-state index contributed by atoms with van der Waals surface area (Å²) in [6.07, 6.45) is 0.432. The molecular formula is C19H24N6O5. The number of rotatable bonds is 8. The molecule has 2 amide bonds. The predicted octanol–water partition coefficient (Wildman–Crippen LogP) is 0.696. The highest BCUT2D eigenvalue weighted by Gasteiger charge is 2.22. The minimum absolute atomic E-state index is 0.0190. The maximum Gasteiger partial charge on any atom is 0.267 e. The molecule has 7 N–H and O–H groups in total. The van der Waals surface area contributed by atoms with E-state index in [2.05, 4.69) is 20.6 Å². The van der Waals surface area contributed by atoms with Gasteiger partial charge in [0.25, 0.3) is 11.5 Å². The van der Waals surface area contributed by atoms with E-state index in [9.17, 15) is 14.4 Å². The van der Waals surface area contributed by atoms with E-state index in [1.54, 1.807) is 18.2 Å². The first-order valence-corrected chi connectivity index (χ1v) is 9.41. The Balaban J connectivity index is 1.95. The molecule has 0 saturated heterocycles. The number of benzene rings is 1. The number of fused-ring (bicyclic) bond motifs is 1. The lowest BCUT2D eigenvalue weighted by atomic mass is 10.0. The topological polar surface area (TPSA) is 174 Å². The summed E-state index contributed by atoms with van der Waals surface area (Å²) in [7, 11) is 0. The van der Waals surface area contributed by atoms with Gasteiger partial charge in [0.2, 0.25) is 11.9 Å². The molecule has 1 aromatic carbocycles. The Hall–Kier alpha value is -3.76. The van der Waals surface area contributed by atoms with Crippen LogP contribution in [-0.2, 0) is 4.79 Å². The van der Waals surface area contributed by atoms with E-state index < -0.39 is 23.4 Å². The van der Waals surface area contributed by atoms with Gasteiger partial charge in [-0.25, -0.2) is 0 Å². The average Bonchev–Trinajstić information content (AvgIpc) is 2.66.